The zero-order valence-electron chi connectivity index (χ0n) is 16.8. The van der Waals surface area contributed by atoms with Crippen LogP contribution in [0.4, 0.5) is 4.39 Å². The van der Waals surface area contributed by atoms with Gasteiger partial charge in [0.15, 0.2) is 0 Å². The number of nitrogens with zero attached hydrogens (tertiary/aromatic N) is 1. The number of rotatable bonds is 7. The number of aromatic nitrogens is 1. The topological polar surface area (TPSA) is 51.5 Å². The van der Waals surface area contributed by atoms with Crippen LogP contribution in [0.15, 0.2) is 72.9 Å². The van der Waals surface area contributed by atoms with Gasteiger partial charge in [-0.2, -0.15) is 0 Å². The van der Waals surface area contributed by atoms with Gasteiger partial charge in [0.2, 0.25) is 0 Å². The molecule has 0 atom stereocenters. The van der Waals surface area contributed by atoms with E-state index in [1.165, 1.54) is 6.07 Å². The second kappa shape index (κ2) is 9.47. The quantitative estimate of drug-likeness (QED) is 0.302. The van der Waals surface area contributed by atoms with Crippen LogP contribution in [-0.4, -0.2) is 15.6 Å². The number of hydrogen-bond acceptors (Lipinski definition) is 2. The first-order valence-corrected chi connectivity index (χ1v) is 10.5. The van der Waals surface area contributed by atoms with Crippen molar-refractivity contribution in [2.45, 2.75) is 13.2 Å². The molecule has 7 heteroatoms. The summed E-state index contributed by atoms with van der Waals surface area (Å²) in [5.41, 5.74) is 2.98. The van der Waals surface area contributed by atoms with Gasteiger partial charge in [0.1, 0.15) is 18.2 Å². The van der Waals surface area contributed by atoms with Crippen molar-refractivity contribution in [1.82, 2.24) is 4.57 Å². The maximum Gasteiger partial charge on any atom is 0.328 e. The van der Waals surface area contributed by atoms with E-state index in [-0.39, 0.29) is 6.61 Å². The van der Waals surface area contributed by atoms with Crippen molar-refractivity contribution in [3.63, 3.8) is 0 Å². The number of ether oxygens (including phenoxy) is 1. The van der Waals surface area contributed by atoms with Gasteiger partial charge in [0.25, 0.3) is 0 Å². The minimum absolute atomic E-state index is 0.0498. The lowest BCUT2D eigenvalue weighted by Crippen LogP contribution is -2.04. The molecule has 4 rings (SSSR count). The number of carboxylic acid groups (broad SMARTS) is 1. The molecule has 1 heterocycles. The Morgan fingerprint density at radius 2 is 1.81 bits per heavy atom. The molecule has 1 aromatic heterocycles. The lowest BCUT2D eigenvalue weighted by Gasteiger charge is -2.14. The van der Waals surface area contributed by atoms with Crippen LogP contribution in [0.5, 0.6) is 5.75 Å². The average Bonchev–Trinajstić information content (AvgIpc) is 3.16. The molecule has 0 aliphatic rings. The van der Waals surface area contributed by atoms with Gasteiger partial charge < -0.3 is 14.4 Å². The van der Waals surface area contributed by atoms with Gasteiger partial charge in [0, 0.05) is 44.3 Å². The molecule has 0 aliphatic carbocycles. The second-order valence-electron chi connectivity index (χ2n) is 7.17. The van der Waals surface area contributed by atoms with Crippen LogP contribution >= 0.6 is 23.2 Å². The van der Waals surface area contributed by atoms with Crippen LogP contribution in [0.25, 0.3) is 17.0 Å². The Bertz CT molecular complexity index is 1330. The highest BCUT2D eigenvalue weighted by Gasteiger charge is 2.11. The number of halogens is 3. The first kappa shape index (κ1) is 21.9. The van der Waals surface area contributed by atoms with Gasteiger partial charge in [-0.25, -0.2) is 9.18 Å². The van der Waals surface area contributed by atoms with Crippen LogP contribution in [0.1, 0.15) is 16.7 Å². The third-order valence-corrected chi connectivity index (χ3v) is 5.48. The predicted octanol–water partition coefficient (Wildman–Crippen LogP) is 6.81. The smallest absolute Gasteiger partial charge is 0.328 e. The Kier molecular flexibility index (Phi) is 6.49. The molecule has 0 unspecified atom stereocenters. The Morgan fingerprint density at radius 3 is 2.59 bits per heavy atom. The summed E-state index contributed by atoms with van der Waals surface area (Å²) >= 11 is 12.0. The summed E-state index contributed by atoms with van der Waals surface area (Å²) in [6, 6.07) is 17.4. The van der Waals surface area contributed by atoms with Gasteiger partial charge in [-0.3, -0.25) is 0 Å². The zero-order valence-corrected chi connectivity index (χ0v) is 18.3. The fourth-order valence-corrected chi connectivity index (χ4v) is 3.84. The number of hydrogen-bond donors (Lipinski definition) is 1. The Labute approximate surface area is 194 Å². The third kappa shape index (κ3) is 4.96. The summed E-state index contributed by atoms with van der Waals surface area (Å²) in [6.07, 6.45) is 4.61. The first-order chi connectivity index (χ1) is 15.4. The normalized spacial score (nSPS) is 11.3. The van der Waals surface area contributed by atoms with Crippen molar-refractivity contribution in [3.8, 4) is 5.75 Å². The Balaban J connectivity index is 1.62. The van der Waals surface area contributed by atoms with E-state index in [2.05, 4.69) is 0 Å². The third-order valence-electron chi connectivity index (χ3n) is 5.01. The molecule has 0 amide bonds. The highest BCUT2D eigenvalue weighted by Crippen LogP contribution is 2.28. The van der Waals surface area contributed by atoms with E-state index in [0.29, 0.717) is 27.9 Å². The molecule has 4 aromatic rings. The van der Waals surface area contributed by atoms with E-state index < -0.39 is 11.8 Å². The molecule has 1 N–H and O–H groups in total. The van der Waals surface area contributed by atoms with Crippen molar-refractivity contribution in [2.75, 3.05) is 0 Å². The molecule has 0 saturated carbocycles. The molecular formula is C25H18Cl2FNO3. The summed E-state index contributed by atoms with van der Waals surface area (Å²) in [6.45, 7) is 0.517. The minimum Gasteiger partial charge on any atom is -0.488 e. The zero-order chi connectivity index (χ0) is 22.7. The van der Waals surface area contributed by atoms with Gasteiger partial charge in [0.05, 0.1) is 6.54 Å². The van der Waals surface area contributed by atoms with Crippen LogP contribution in [0, 0.1) is 5.82 Å². The monoisotopic (exact) mass is 469 g/mol. The van der Waals surface area contributed by atoms with Crippen molar-refractivity contribution >= 4 is 46.2 Å². The number of carbonyl (C=O) groups is 1. The van der Waals surface area contributed by atoms with E-state index in [0.717, 1.165) is 28.1 Å². The van der Waals surface area contributed by atoms with Crippen molar-refractivity contribution in [3.05, 3.63) is 105 Å². The largest absolute Gasteiger partial charge is 0.488 e. The van der Waals surface area contributed by atoms with Crippen LogP contribution in [-0.2, 0) is 17.9 Å². The molecule has 162 valence electrons. The molecule has 0 radical (unpaired) electrons. The number of carboxylic acids is 1. The number of aliphatic carboxylic acids is 1. The summed E-state index contributed by atoms with van der Waals surface area (Å²) in [4.78, 5) is 10.9. The van der Waals surface area contributed by atoms with Crippen LogP contribution in [0.3, 0.4) is 0 Å². The number of fused-ring (bicyclic) bond motifs is 1. The highest BCUT2D eigenvalue weighted by atomic mass is 35.5. The Morgan fingerprint density at radius 1 is 1.03 bits per heavy atom. The highest BCUT2D eigenvalue weighted by molar-refractivity contribution is 6.30. The summed E-state index contributed by atoms with van der Waals surface area (Å²) < 4.78 is 22.1. The molecule has 0 saturated heterocycles. The fraction of sp³-hybridized carbons (Fsp3) is 0.0800. The van der Waals surface area contributed by atoms with Gasteiger partial charge in [-0.15, -0.1) is 0 Å². The predicted molar refractivity (Wildman–Crippen MR) is 125 cm³/mol. The second-order valence-corrected chi connectivity index (χ2v) is 8.04. The van der Waals surface area contributed by atoms with Crippen molar-refractivity contribution in [1.29, 1.82) is 0 Å². The van der Waals surface area contributed by atoms with E-state index in [9.17, 15) is 9.18 Å². The molecule has 0 aliphatic heterocycles. The summed E-state index contributed by atoms with van der Waals surface area (Å²) in [7, 11) is 0. The summed E-state index contributed by atoms with van der Waals surface area (Å²) in [5, 5.41) is 10.7. The Hall–Kier alpha value is -3.28. The van der Waals surface area contributed by atoms with Crippen molar-refractivity contribution in [2.24, 2.45) is 0 Å². The number of benzene rings is 3. The standard InChI is InChI=1S/C25H18Cl2FNO3/c26-19-7-8-24(32-15-17-4-6-20(27)13-22(17)28)18(12-19)14-29-11-10-21-16(5-9-25(30)31)2-1-3-23(21)29/h1-13H,14-15H2,(H,30,31). The molecule has 0 bridgehead atoms. The molecule has 32 heavy (non-hydrogen) atoms. The van der Waals surface area contributed by atoms with Gasteiger partial charge >= 0.3 is 5.97 Å². The van der Waals surface area contributed by atoms with Crippen LogP contribution < -0.4 is 4.74 Å². The lowest BCUT2D eigenvalue weighted by atomic mass is 10.1. The fourth-order valence-electron chi connectivity index (χ4n) is 3.48. The van der Waals surface area contributed by atoms with Crippen LogP contribution in [0.2, 0.25) is 10.0 Å². The van der Waals surface area contributed by atoms with E-state index >= 15 is 0 Å². The maximum atomic E-state index is 14.1. The van der Waals surface area contributed by atoms with E-state index in [4.69, 9.17) is 33.0 Å². The molecule has 3 aromatic carbocycles. The van der Waals surface area contributed by atoms with Crippen molar-refractivity contribution < 1.29 is 19.0 Å². The summed E-state index contributed by atoms with van der Waals surface area (Å²) in [5.74, 6) is -0.835. The van der Waals surface area contributed by atoms with Gasteiger partial charge in [-0.1, -0.05) is 41.4 Å². The van der Waals surface area contributed by atoms with E-state index in [1.54, 1.807) is 30.3 Å². The SMILES string of the molecule is O=C(O)C=Cc1cccc2c1ccn2Cc1cc(Cl)ccc1OCc1ccc(Cl)cc1F. The average molecular weight is 470 g/mol. The lowest BCUT2D eigenvalue weighted by molar-refractivity contribution is -0.131. The van der Waals surface area contributed by atoms with Gasteiger partial charge in [-0.05, 0) is 54.1 Å². The molecule has 0 spiro atoms. The molecule has 4 nitrogen and oxygen atoms in total. The first-order valence-electron chi connectivity index (χ1n) is 9.75. The van der Waals surface area contributed by atoms with E-state index in [1.807, 2.05) is 41.1 Å². The molecular weight excluding hydrogens is 452 g/mol. The minimum atomic E-state index is -1.00. The maximum absolute atomic E-state index is 14.1. The molecule has 0 fully saturated rings.